The van der Waals surface area contributed by atoms with Crippen LogP contribution in [0.3, 0.4) is 0 Å². The Bertz CT molecular complexity index is 797. The minimum atomic E-state index is -0.00422. The van der Waals surface area contributed by atoms with E-state index in [-0.39, 0.29) is 11.6 Å². The fraction of sp³-hybridized carbons (Fsp3) is 0.586. The molecule has 0 saturated heterocycles. The molecule has 170 valence electrons. The summed E-state index contributed by atoms with van der Waals surface area (Å²) in [6.07, 6.45) is 17.3. The largest absolute Gasteiger partial charge is 0.289 e. The number of fused-ring (bicyclic) bond motifs is 1. The molecule has 0 radical (unpaired) electrons. The Morgan fingerprint density at radius 1 is 0.871 bits per heavy atom. The average molecular weight is 423 g/mol. The maximum Gasteiger partial charge on any atom is 0.190 e. The third-order valence-electron chi connectivity index (χ3n) is 6.71. The quantitative estimate of drug-likeness (QED) is 0.222. The lowest BCUT2D eigenvalue weighted by Crippen LogP contribution is -2.20. The summed E-state index contributed by atoms with van der Waals surface area (Å²) in [6.45, 7) is 8.60. The molecule has 31 heavy (non-hydrogen) atoms. The first-order valence-corrected chi connectivity index (χ1v) is 12.5. The molecule has 2 nitrogen and oxygen atoms in total. The van der Waals surface area contributed by atoms with E-state index in [0.29, 0.717) is 28.7 Å². The Hall–Kier alpha value is -1.96. The first-order valence-electron chi connectivity index (χ1n) is 12.5. The van der Waals surface area contributed by atoms with Crippen LogP contribution in [0.4, 0.5) is 0 Å². The summed E-state index contributed by atoms with van der Waals surface area (Å²) in [6, 6.07) is 7.17. The van der Waals surface area contributed by atoms with E-state index in [4.69, 9.17) is 0 Å². The average Bonchev–Trinajstić information content (AvgIpc) is 2.77. The van der Waals surface area contributed by atoms with Crippen LogP contribution in [0, 0.1) is 5.92 Å². The minimum Gasteiger partial charge on any atom is -0.289 e. The van der Waals surface area contributed by atoms with Gasteiger partial charge in [0.05, 0.1) is 0 Å². The second kappa shape index (κ2) is 13.5. The fourth-order valence-electron chi connectivity index (χ4n) is 4.50. The van der Waals surface area contributed by atoms with Crippen molar-refractivity contribution in [3.8, 4) is 0 Å². The zero-order valence-electron chi connectivity index (χ0n) is 20.3. The number of unbranched alkanes of at least 4 members (excludes halogenated alkanes) is 6. The van der Waals surface area contributed by atoms with Crippen LogP contribution in [-0.2, 0) is 0 Å². The maximum absolute atomic E-state index is 12.8. The third-order valence-corrected chi connectivity index (χ3v) is 6.71. The Labute approximate surface area is 190 Å². The molecule has 0 amide bonds. The minimum absolute atomic E-state index is 0.00422. The SMILES string of the molecule is CCCCCCCCCC(C)CCCC(C)=CCC1=C(C)C(=O)c2ccccc2C1=O. The van der Waals surface area contributed by atoms with Gasteiger partial charge in [0, 0.05) is 22.3 Å². The van der Waals surface area contributed by atoms with E-state index < -0.39 is 0 Å². The lowest BCUT2D eigenvalue weighted by atomic mass is 9.83. The molecule has 1 aromatic carbocycles. The molecule has 2 heteroatoms. The lowest BCUT2D eigenvalue weighted by Gasteiger charge is -2.18. The highest BCUT2D eigenvalue weighted by Crippen LogP contribution is 2.28. The molecule has 0 saturated carbocycles. The topological polar surface area (TPSA) is 34.1 Å². The van der Waals surface area contributed by atoms with Gasteiger partial charge in [-0.2, -0.15) is 0 Å². The Kier molecular flexibility index (Phi) is 11.0. The Balaban J connectivity index is 1.71. The van der Waals surface area contributed by atoms with Gasteiger partial charge in [0.2, 0.25) is 0 Å². The molecule has 1 aliphatic rings. The molecule has 0 fully saturated rings. The summed E-state index contributed by atoms with van der Waals surface area (Å²) in [7, 11) is 0. The van der Waals surface area contributed by atoms with E-state index in [1.165, 1.54) is 69.8 Å². The summed E-state index contributed by atoms with van der Waals surface area (Å²) in [4.78, 5) is 25.5. The van der Waals surface area contributed by atoms with Crippen molar-refractivity contribution >= 4 is 11.6 Å². The van der Waals surface area contributed by atoms with E-state index in [1.54, 1.807) is 19.1 Å². The zero-order valence-corrected chi connectivity index (χ0v) is 20.3. The van der Waals surface area contributed by atoms with Crippen molar-refractivity contribution in [1.82, 2.24) is 0 Å². The summed E-state index contributed by atoms with van der Waals surface area (Å²) < 4.78 is 0. The predicted molar refractivity (Wildman–Crippen MR) is 132 cm³/mol. The second-order valence-corrected chi connectivity index (χ2v) is 9.47. The zero-order chi connectivity index (χ0) is 22.6. The van der Waals surface area contributed by atoms with Crippen LogP contribution in [-0.4, -0.2) is 11.6 Å². The van der Waals surface area contributed by atoms with E-state index >= 15 is 0 Å². The molecule has 0 aliphatic heterocycles. The van der Waals surface area contributed by atoms with Crippen molar-refractivity contribution < 1.29 is 9.59 Å². The normalized spacial score (nSPS) is 15.4. The van der Waals surface area contributed by atoms with Crippen LogP contribution >= 0.6 is 0 Å². The van der Waals surface area contributed by atoms with Gasteiger partial charge in [0.15, 0.2) is 11.6 Å². The van der Waals surface area contributed by atoms with Gasteiger partial charge in [-0.1, -0.05) is 108 Å². The molecule has 1 aliphatic carbocycles. The van der Waals surface area contributed by atoms with Gasteiger partial charge >= 0.3 is 0 Å². The molecule has 0 bridgehead atoms. The number of benzene rings is 1. The summed E-state index contributed by atoms with van der Waals surface area (Å²) >= 11 is 0. The molecule has 1 unspecified atom stereocenters. The third kappa shape index (κ3) is 7.91. The second-order valence-electron chi connectivity index (χ2n) is 9.47. The summed E-state index contributed by atoms with van der Waals surface area (Å²) in [5.74, 6) is 0.804. The number of allylic oxidation sites excluding steroid dienone is 4. The first-order chi connectivity index (χ1) is 15.0. The number of Topliss-reactive ketones (excluding diaryl/α,β-unsaturated/α-hetero) is 2. The number of hydrogen-bond donors (Lipinski definition) is 0. The summed E-state index contributed by atoms with van der Waals surface area (Å²) in [5.41, 5.74) is 3.69. The first kappa shape index (κ1) is 25.3. The van der Waals surface area contributed by atoms with Crippen molar-refractivity contribution in [2.75, 3.05) is 0 Å². The molecule has 0 aromatic heterocycles. The van der Waals surface area contributed by atoms with E-state index in [1.807, 2.05) is 12.1 Å². The van der Waals surface area contributed by atoms with Gasteiger partial charge in [0.1, 0.15) is 0 Å². The van der Waals surface area contributed by atoms with Crippen LogP contribution in [0.15, 0.2) is 47.1 Å². The van der Waals surface area contributed by atoms with Crippen molar-refractivity contribution in [3.05, 3.63) is 58.2 Å². The highest BCUT2D eigenvalue weighted by atomic mass is 16.1. The highest BCUT2D eigenvalue weighted by Gasteiger charge is 2.28. The summed E-state index contributed by atoms with van der Waals surface area (Å²) in [5, 5.41) is 0. The molecule has 0 spiro atoms. The maximum atomic E-state index is 12.8. The highest BCUT2D eigenvalue weighted by molar-refractivity contribution is 6.26. The van der Waals surface area contributed by atoms with Crippen molar-refractivity contribution in [2.45, 2.75) is 105 Å². The van der Waals surface area contributed by atoms with Crippen LogP contribution < -0.4 is 0 Å². The Morgan fingerprint density at radius 3 is 2.13 bits per heavy atom. The predicted octanol–water partition coefficient (Wildman–Crippen LogP) is 8.67. The monoisotopic (exact) mass is 422 g/mol. The molecular formula is C29H42O2. The van der Waals surface area contributed by atoms with Crippen molar-refractivity contribution in [3.63, 3.8) is 0 Å². The van der Waals surface area contributed by atoms with Gasteiger partial charge < -0.3 is 0 Å². The molecule has 2 rings (SSSR count). The number of carbonyl (C=O) groups excluding carboxylic acids is 2. The van der Waals surface area contributed by atoms with Crippen LogP contribution in [0.1, 0.15) is 125 Å². The van der Waals surface area contributed by atoms with Gasteiger partial charge in [0.25, 0.3) is 0 Å². The molecule has 0 N–H and O–H groups in total. The van der Waals surface area contributed by atoms with Crippen LogP contribution in [0.25, 0.3) is 0 Å². The van der Waals surface area contributed by atoms with E-state index in [2.05, 4.69) is 26.8 Å². The Morgan fingerprint density at radius 2 is 1.45 bits per heavy atom. The molecule has 0 heterocycles. The van der Waals surface area contributed by atoms with Crippen molar-refractivity contribution in [1.29, 1.82) is 0 Å². The van der Waals surface area contributed by atoms with Crippen molar-refractivity contribution in [2.24, 2.45) is 5.92 Å². The number of rotatable bonds is 14. The van der Waals surface area contributed by atoms with Gasteiger partial charge in [-0.15, -0.1) is 0 Å². The van der Waals surface area contributed by atoms with E-state index in [0.717, 1.165) is 12.3 Å². The fourth-order valence-corrected chi connectivity index (χ4v) is 4.50. The van der Waals surface area contributed by atoms with E-state index in [9.17, 15) is 9.59 Å². The number of ketones is 2. The molecule has 1 atom stereocenters. The van der Waals surface area contributed by atoms with Crippen LogP contribution in [0.2, 0.25) is 0 Å². The van der Waals surface area contributed by atoms with Gasteiger partial charge in [-0.25, -0.2) is 0 Å². The number of hydrogen-bond acceptors (Lipinski definition) is 2. The van der Waals surface area contributed by atoms with Gasteiger partial charge in [-0.05, 0) is 39.0 Å². The van der Waals surface area contributed by atoms with Crippen LogP contribution in [0.5, 0.6) is 0 Å². The number of carbonyl (C=O) groups is 2. The lowest BCUT2D eigenvalue weighted by molar-refractivity contribution is 0.0973. The van der Waals surface area contributed by atoms with Gasteiger partial charge in [-0.3, -0.25) is 9.59 Å². The molecular weight excluding hydrogens is 380 g/mol. The smallest absolute Gasteiger partial charge is 0.190 e. The molecule has 1 aromatic rings. The standard InChI is InChI=1S/C29H42O2/c1-5-6-7-8-9-10-11-15-22(2)16-14-17-23(3)20-21-25-24(4)28(30)26-18-12-13-19-27(26)29(25)31/h12-13,18-20,22H,5-11,14-17,21H2,1-4H3.